The largest absolute Gasteiger partial charge is 0.337 e. The van der Waals surface area contributed by atoms with Crippen molar-refractivity contribution in [2.75, 3.05) is 18.4 Å². The molecule has 6 heteroatoms. The first-order chi connectivity index (χ1) is 11.7. The Bertz CT molecular complexity index is 693. The number of aryl methyl sites for hydroxylation is 1. The molecule has 0 radical (unpaired) electrons. The minimum atomic E-state index is -0.0785. The molecule has 0 spiro atoms. The van der Waals surface area contributed by atoms with Crippen LogP contribution in [-0.4, -0.2) is 34.8 Å². The second-order valence-corrected chi connectivity index (χ2v) is 6.78. The Hall–Kier alpha value is -2.21. The number of thiazole rings is 1. The second kappa shape index (κ2) is 8.06. The predicted molar refractivity (Wildman–Crippen MR) is 95.3 cm³/mol. The Morgan fingerprint density at radius 1 is 1.12 bits per heavy atom. The van der Waals surface area contributed by atoms with Crippen LogP contribution in [0.2, 0.25) is 0 Å². The molecule has 1 aromatic heterocycles. The van der Waals surface area contributed by atoms with E-state index in [1.807, 2.05) is 35.2 Å². The SMILES string of the molecule is O=C(CCc1ccccc1)Nc1nc(C(=O)N2CCCCC2)cs1. The van der Waals surface area contributed by atoms with Gasteiger partial charge in [0.1, 0.15) is 5.69 Å². The van der Waals surface area contributed by atoms with E-state index in [9.17, 15) is 9.59 Å². The zero-order chi connectivity index (χ0) is 16.8. The topological polar surface area (TPSA) is 62.3 Å². The van der Waals surface area contributed by atoms with Gasteiger partial charge in [-0.1, -0.05) is 30.3 Å². The van der Waals surface area contributed by atoms with Crippen molar-refractivity contribution in [1.29, 1.82) is 0 Å². The van der Waals surface area contributed by atoms with Crippen LogP contribution in [0.1, 0.15) is 41.7 Å². The van der Waals surface area contributed by atoms with Crippen molar-refractivity contribution in [2.24, 2.45) is 0 Å². The number of hydrogen-bond acceptors (Lipinski definition) is 4. The van der Waals surface area contributed by atoms with Crippen LogP contribution >= 0.6 is 11.3 Å². The number of piperidine rings is 1. The van der Waals surface area contributed by atoms with Crippen molar-refractivity contribution in [3.63, 3.8) is 0 Å². The molecule has 0 bridgehead atoms. The molecule has 3 rings (SSSR count). The number of benzene rings is 1. The first kappa shape index (κ1) is 16.6. The van der Waals surface area contributed by atoms with Crippen molar-refractivity contribution < 1.29 is 9.59 Å². The standard InChI is InChI=1S/C18H21N3O2S/c22-16(10-9-14-7-3-1-4-8-14)20-18-19-15(13-24-18)17(23)21-11-5-2-6-12-21/h1,3-4,7-8,13H,2,5-6,9-12H2,(H,19,20,22). The normalized spacial score (nSPS) is 14.4. The van der Waals surface area contributed by atoms with Crippen LogP contribution in [-0.2, 0) is 11.2 Å². The summed E-state index contributed by atoms with van der Waals surface area (Å²) in [4.78, 5) is 30.5. The summed E-state index contributed by atoms with van der Waals surface area (Å²) in [6, 6.07) is 9.90. The highest BCUT2D eigenvalue weighted by Gasteiger charge is 2.20. The Kier molecular flexibility index (Phi) is 5.59. The molecule has 1 saturated heterocycles. The highest BCUT2D eigenvalue weighted by atomic mass is 32.1. The minimum Gasteiger partial charge on any atom is -0.337 e. The number of carbonyl (C=O) groups is 2. The van der Waals surface area contributed by atoms with Crippen molar-refractivity contribution in [2.45, 2.75) is 32.1 Å². The Morgan fingerprint density at radius 3 is 2.62 bits per heavy atom. The first-order valence-corrected chi connectivity index (χ1v) is 9.19. The third kappa shape index (κ3) is 4.41. The smallest absolute Gasteiger partial charge is 0.273 e. The molecule has 0 saturated carbocycles. The van der Waals surface area contributed by atoms with Gasteiger partial charge in [0.2, 0.25) is 5.91 Å². The van der Waals surface area contributed by atoms with E-state index in [4.69, 9.17) is 0 Å². The number of aromatic nitrogens is 1. The molecule has 0 unspecified atom stereocenters. The fourth-order valence-electron chi connectivity index (χ4n) is 2.77. The van der Waals surface area contributed by atoms with E-state index >= 15 is 0 Å². The van der Waals surface area contributed by atoms with Crippen LogP contribution in [0.15, 0.2) is 35.7 Å². The van der Waals surface area contributed by atoms with E-state index in [0.29, 0.717) is 23.7 Å². The molecule has 2 aromatic rings. The monoisotopic (exact) mass is 343 g/mol. The Balaban J connectivity index is 1.51. The highest BCUT2D eigenvalue weighted by molar-refractivity contribution is 7.14. The lowest BCUT2D eigenvalue weighted by atomic mass is 10.1. The van der Waals surface area contributed by atoms with E-state index in [-0.39, 0.29) is 11.8 Å². The van der Waals surface area contributed by atoms with Crippen LogP contribution in [0, 0.1) is 0 Å². The average Bonchev–Trinajstić information content (AvgIpc) is 3.09. The minimum absolute atomic E-state index is 0.0317. The van der Waals surface area contributed by atoms with Crippen LogP contribution in [0.25, 0.3) is 0 Å². The summed E-state index contributed by atoms with van der Waals surface area (Å²) in [5.41, 5.74) is 1.56. The maximum absolute atomic E-state index is 12.4. The zero-order valence-electron chi connectivity index (χ0n) is 13.5. The molecule has 1 aromatic carbocycles. The number of nitrogens with one attached hydrogen (secondary N) is 1. The molecule has 1 N–H and O–H groups in total. The molecule has 2 amide bonds. The van der Waals surface area contributed by atoms with Gasteiger partial charge in [0.05, 0.1) is 0 Å². The van der Waals surface area contributed by atoms with Gasteiger partial charge in [-0.3, -0.25) is 9.59 Å². The molecule has 24 heavy (non-hydrogen) atoms. The number of rotatable bonds is 5. The fourth-order valence-corrected chi connectivity index (χ4v) is 3.47. The molecule has 1 aliphatic rings. The molecule has 5 nitrogen and oxygen atoms in total. The van der Waals surface area contributed by atoms with E-state index < -0.39 is 0 Å². The van der Waals surface area contributed by atoms with E-state index in [0.717, 1.165) is 31.5 Å². The van der Waals surface area contributed by atoms with Crippen molar-refractivity contribution in [3.05, 3.63) is 47.0 Å². The van der Waals surface area contributed by atoms with Crippen molar-refractivity contribution in [3.8, 4) is 0 Å². The maximum Gasteiger partial charge on any atom is 0.273 e. The quantitative estimate of drug-likeness (QED) is 0.906. The summed E-state index contributed by atoms with van der Waals surface area (Å²) >= 11 is 1.30. The maximum atomic E-state index is 12.4. The summed E-state index contributed by atoms with van der Waals surface area (Å²) < 4.78 is 0. The summed E-state index contributed by atoms with van der Waals surface area (Å²) in [7, 11) is 0. The summed E-state index contributed by atoms with van der Waals surface area (Å²) in [5, 5.41) is 5.01. The van der Waals surface area contributed by atoms with Gasteiger partial charge < -0.3 is 10.2 Å². The van der Waals surface area contributed by atoms with Crippen molar-refractivity contribution in [1.82, 2.24) is 9.88 Å². The van der Waals surface area contributed by atoms with Gasteiger partial charge in [0.15, 0.2) is 5.13 Å². The number of amides is 2. The zero-order valence-corrected chi connectivity index (χ0v) is 14.3. The van der Waals surface area contributed by atoms with Gasteiger partial charge in [-0.05, 0) is 31.2 Å². The number of nitrogens with zero attached hydrogens (tertiary/aromatic N) is 2. The van der Waals surface area contributed by atoms with Crippen LogP contribution < -0.4 is 5.32 Å². The third-order valence-corrected chi connectivity index (χ3v) is 4.85. The number of anilines is 1. The van der Waals surface area contributed by atoms with Gasteiger partial charge >= 0.3 is 0 Å². The average molecular weight is 343 g/mol. The lowest BCUT2D eigenvalue weighted by Gasteiger charge is -2.25. The van der Waals surface area contributed by atoms with Gasteiger partial charge in [0, 0.05) is 24.9 Å². The Labute approximate surface area is 145 Å². The number of likely N-dealkylation sites (tertiary alicyclic amines) is 1. The molecular formula is C18H21N3O2S. The van der Waals surface area contributed by atoms with Crippen molar-refractivity contribution >= 4 is 28.3 Å². The summed E-state index contributed by atoms with van der Waals surface area (Å²) in [6.45, 7) is 1.60. The molecule has 2 heterocycles. The summed E-state index contributed by atoms with van der Waals surface area (Å²) in [6.07, 6.45) is 4.39. The Morgan fingerprint density at radius 2 is 1.88 bits per heavy atom. The number of hydrogen-bond donors (Lipinski definition) is 1. The van der Waals surface area contributed by atoms with E-state index in [1.165, 1.54) is 17.8 Å². The molecule has 0 atom stereocenters. The molecule has 1 aliphatic heterocycles. The van der Waals surface area contributed by atoms with Gasteiger partial charge in [0.25, 0.3) is 5.91 Å². The van der Waals surface area contributed by atoms with Crippen LogP contribution in [0.3, 0.4) is 0 Å². The first-order valence-electron chi connectivity index (χ1n) is 8.31. The second-order valence-electron chi connectivity index (χ2n) is 5.92. The van der Waals surface area contributed by atoms with Gasteiger partial charge in [-0.25, -0.2) is 4.98 Å². The van der Waals surface area contributed by atoms with Gasteiger partial charge in [-0.15, -0.1) is 11.3 Å². The molecule has 0 aliphatic carbocycles. The lowest BCUT2D eigenvalue weighted by Crippen LogP contribution is -2.35. The predicted octanol–water partition coefficient (Wildman–Crippen LogP) is 3.34. The van der Waals surface area contributed by atoms with Crippen LogP contribution in [0.4, 0.5) is 5.13 Å². The molecule has 126 valence electrons. The number of carbonyl (C=O) groups excluding carboxylic acids is 2. The molecular weight excluding hydrogens is 322 g/mol. The lowest BCUT2D eigenvalue weighted by molar-refractivity contribution is -0.116. The van der Waals surface area contributed by atoms with Gasteiger partial charge in [-0.2, -0.15) is 0 Å². The highest BCUT2D eigenvalue weighted by Crippen LogP contribution is 2.19. The third-order valence-electron chi connectivity index (χ3n) is 4.10. The molecule has 1 fully saturated rings. The van der Waals surface area contributed by atoms with E-state index in [1.54, 1.807) is 5.38 Å². The van der Waals surface area contributed by atoms with E-state index in [2.05, 4.69) is 10.3 Å². The van der Waals surface area contributed by atoms with Crippen LogP contribution in [0.5, 0.6) is 0 Å². The summed E-state index contributed by atoms with van der Waals surface area (Å²) in [5.74, 6) is -0.110. The fraction of sp³-hybridized carbons (Fsp3) is 0.389.